The molecule has 0 saturated carbocycles. The number of esters is 1. The number of halogens is 4. The Morgan fingerprint density at radius 1 is 1.26 bits per heavy atom. The molecule has 130 valence electrons. The second kappa shape index (κ2) is 8.68. The summed E-state index contributed by atoms with van der Waals surface area (Å²) < 4.78 is 45.9. The molecule has 0 saturated heterocycles. The first kappa shape index (κ1) is 20.0. The van der Waals surface area contributed by atoms with Crippen LogP contribution in [0.25, 0.3) is 0 Å². The van der Waals surface area contributed by atoms with Gasteiger partial charge in [-0.05, 0) is 37.0 Å². The molecule has 0 unspecified atom stereocenters. The zero-order chi connectivity index (χ0) is 17.6. The third-order valence-corrected chi connectivity index (χ3v) is 3.71. The zero-order valence-electron chi connectivity index (χ0n) is 13.3. The van der Waals surface area contributed by atoms with E-state index in [0.29, 0.717) is 4.47 Å². The summed E-state index contributed by atoms with van der Waals surface area (Å²) in [5, 5.41) is 2.43. The number of ether oxygens (including phenoxy) is 1. The predicted molar refractivity (Wildman–Crippen MR) is 85.9 cm³/mol. The van der Waals surface area contributed by atoms with Crippen LogP contribution in [0.3, 0.4) is 0 Å². The smallest absolute Gasteiger partial charge is 0.407 e. The van der Waals surface area contributed by atoms with Crippen molar-refractivity contribution in [3.63, 3.8) is 0 Å². The van der Waals surface area contributed by atoms with Gasteiger partial charge in [-0.1, -0.05) is 41.9 Å². The van der Waals surface area contributed by atoms with Crippen molar-refractivity contribution in [3.8, 4) is 0 Å². The molecule has 1 aromatic carbocycles. The number of carbonyl (C=O) groups excluding carboxylic acids is 1. The maximum Gasteiger partial charge on any atom is 0.407 e. The fraction of sp³-hybridized carbons (Fsp3) is 0.562. The quantitative estimate of drug-likeness (QED) is 0.684. The van der Waals surface area contributed by atoms with Crippen molar-refractivity contribution in [1.82, 2.24) is 5.32 Å². The first-order chi connectivity index (χ1) is 10.6. The molecule has 0 aliphatic heterocycles. The topological polar surface area (TPSA) is 38.3 Å². The standard InChI is InChI=1S/C16H21BrF3NO2/c1-4-23-15(22)13(9-10(2)3)21-14(16(18,19)20)11-5-7-12(17)8-6-11/h5-8,10,13-14,21H,4,9H2,1-3H3/t13-,14-/m0/s1. The van der Waals surface area contributed by atoms with Gasteiger partial charge < -0.3 is 4.74 Å². The highest BCUT2D eigenvalue weighted by atomic mass is 79.9. The van der Waals surface area contributed by atoms with Crippen LogP contribution in [0.4, 0.5) is 13.2 Å². The number of carbonyl (C=O) groups is 1. The molecule has 0 aliphatic carbocycles. The van der Waals surface area contributed by atoms with Crippen LogP contribution in [0.1, 0.15) is 38.8 Å². The van der Waals surface area contributed by atoms with Crippen molar-refractivity contribution in [2.24, 2.45) is 5.92 Å². The molecule has 0 amide bonds. The Labute approximate surface area is 142 Å². The number of nitrogens with one attached hydrogen (secondary N) is 1. The Morgan fingerprint density at radius 2 is 1.83 bits per heavy atom. The van der Waals surface area contributed by atoms with Crippen molar-refractivity contribution in [2.75, 3.05) is 6.61 Å². The number of hydrogen-bond acceptors (Lipinski definition) is 3. The van der Waals surface area contributed by atoms with Crippen LogP contribution < -0.4 is 5.32 Å². The van der Waals surface area contributed by atoms with Crippen molar-refractivity contribution >= 4 is 21.9 Å². The van der Waals surface area contributed by atoms with Crippen LogP contribution in [0.15, 0.2) is 28.7 Å². The van der Waals surface area contributed by atoms with Crippen LogP contribution in [0, 0.1) is 5.92 Å². The van der Waals surface area contributed by atoms with Gasteiger partial charge in [0, 0.05) is 4.47 Å². The molecule has 23 heavy (non-hydrogen) atoms. The van der Waals surface area contributed by atoms with Crippen molar-refractivity contribution in [2.45, 2.75) is 45.5 Å². The molecule has 7 heteroatoms. The SMILES string of the molecule is CCOC(=O)[C@H](CC(C)C)N[C@@H](c1ccc(Br)cc1)C(F)(F)F. The van der Waals surface area contributed by atoms with E-state index in [1.54, 1.807) is 6.92 Å². The van der Waals surface area contributed by atoms with Crippen LogP contribution in [-0.4, -0.2) is 24.8 Å². The number of alkyl halides is 3. The van der Waals surface area contributed by atoms with Gasteiger partial charge in [0.1, 0.15) is 12.1 Å². The summed E-state index contributed by atoms with van der Waals surface area (Å²) in [4.78, 5) is 12.0. The van der Waals surface area contributed by atoms with Gasteiger partial charge in [-0.2, -0.15) is 13.2 Å². The minimum absolute atomic E-state index is 0.0516. The minimum Gasteiger partial charge on any atom is -0.465 e. The van der Waals surface area contributed by atoms with E-state index in [4.69, 9.17) is 4.74 Å². The second-order valence-electron chi connectivity index (χ2n) is 5.63. The average Bonchev–Trinajstić information content (AvgIpc) is 2.43. The van der Waals surface area contributed by atoms with E-state index in [9.17, 15) is 18.0 Å². The van der Waals surface area contributed by atoms with E-state index in [1.807, 2.05) is 13.8 Å². The second-order valence-corrected chi connectivity index (χ2v) is 6.54. The lowest BCUT2D eigenvalue weighted by atomic mass is 10.00. The van der Waals surface area contributed by atoms with E-state index in [-0.39, 0.29) is 24.5 Å². The molecule has 0 radical (unpaired) electrons. The predicted octanol–water partition coefficient (Wildman–Crippen LogP) is 4.62. The summed E-state index contributed by atoms with van der Waals surface area (Å²) in [5.41, 5.74) is 0.0544. The van der Waals surface area contributed by atoms with E-state index in [0.717, 1.165) is 0 Å². The highest BCUT2D eigenvalue weighted by molar-refractivity contribution is 9.10. The third kappa shape index (κ3) is 6.51. The molecule has 0 aliphatic rings. The number of rotatable bonds is 7. The summed E-state index contributed by atoms with van der Waals surface area (Å²) in [6.07, 6.45) is -4.25. The third-order valence-electron chi connectivity index (χ3n) is 3.18. The van der Waals surface area contributed by atoms with E-state index in [1.165, 1.54) is 24.3 Å². The normalized spacial score (nSPS) is 14.6. The zero-order valence-corrected chi connectivity index (χ0v) is 14.9. The Balaban J connectivity index is 3.05. The van der Waals surface area contributed by atoms with E-state index in [2.05, 4.69) is 21.2 Å². The van der Waals surface area contributed by atoms with Crippen LogP contribution >= 0.6 is 15.9 Å². The lowest BCUT2D eigenvalue weighted by molar-refractivity contribution is -0.165. The summed E-state index contributed by atoms with van der Waals surface area (Å²) in [6.45, 7) is 5.44. The molecule has 3 nitrogen and oxygen atoms in total. The highest BCUT2D eigenvalue weighted by Crippen LogP contribution is 2.34. The lowest BCUT2D eigenvalue weighted by Crippen LogP contribution is -2.46. The fourth-order valence-electron chi connectivity index (χ4n) is 2.18. The molecule has 0 heterocycles. The molecule has 1 rings (SSSR count). The van der Waals surface area contributed by atoms with Crippen LogP contribution in [0.2, 0.25) is 0 Å². The Kier molecular flexibility index (Phi) is 7.54. The molecular formula is C16H21BrF3NO2. The van der Waals surface area contributed by atoms with Crippen LogP contribution in [0.5, 0.6) is 0 Å². The molecule has 0 aromatic heterocycles. The van der Waals surface area contributed by atoms with Gasteiger partial charge in [-0.15, -0.1) is 0 Å². The molecule has 0 bridgehead atoms. The average molecular weight is 396 g/mol. The molecule has 0 fully saturated rings. The van der Waals surface area contributed by atoms with Gasteiger partial charge in [0.2, 0.25) is 0 Å². The van der Waals surface area contributed by atoms with Gasteiger partial charge in [0.25, 0.3) is 0 Å². The first-order valence-electron chi connectivity index (χ1n) is 7.40. The minimum atomic E-state index is -4.52. The van der Waals surface area contributed by atoms with E-state index >= 15 is 0 Å². The van der Waals surface area contributed by atoms with Crippen molar-refractivity contribution in [1.29, 1.82) is 0 Å². The first-order valence-corrected chi connectivity index (χ1v) is 8.19. The number of benzene rings is 1. The Morgan fingerprint density at radius 3 is 2.26 bits per heavy atom. The summed E-state index contributed by atoms with van der Waals surface area (Å²) in [7, 11) is 0. The van der Waals surface area contributed by atoms with Gasteiger partial charge >= 0.3 is 12.1 Å². The summed E-state index contributed by atoms with van der Waals surface area (Å²) in [5.74, 6) is -0.608. The summed E-state index contributed by atoms with van der Waals surface area (Å²) >= 11 is 3.20. The maximum atomic E-state index is 13.4. The Bertz CT molecular complexity index is 503. The van der Waals surface area contributed by atoms with Crippen molar-refractivity contribution in [3.05, 3.63) is 34.3 Å². The summed E-state index contributed by atoms with van der Waals surface area (Å²) in [6, 6.07) is 2.91. The molecule has 2 atom stereocenters. The molecule has 1 N–H and O–H groups in total. The van der Waals surface area contributed by atoms with Gasteiger partial charge in [-0.3, -0.25) is 10.1 Å². The van der Waals surface area contributed by atoms with Gasteiger partial charge in [0.05, 0.1) is 6.61 Å². The fourth-order valence-corrected chi connectivity index (χ4v) is 2.45. The largest absolute Gasteiger partial charge is 0.465 e. The van der Waals surface area contributed by atoms with E-state index < -0.39 is 24.2 Å². The Hall–Kier alpha value is -1.08. The molecule has 0 spiro atoms. The molecular weight excluding hydrogens is 375 g/mol. The molecule has 1 aromatic rings. The van der Waals surface area contributed by atoms with Crippen LogP contribution in [-0.2, 0) is 9.53 Å². The number of hydrogen-bond donors (Lipinski definition) is 1. The van der Waals surface area contributed by atoms with Gasteiger partial charge in [0.15, 0.2) is 0 Å². The highest BCUT2D eigenvalue weighted by Gasteiger charge is 2.43. The van der Waals surface area contributed by atoms with Gasteiger partial charge in [-0.25, -0.2) is 0 Å². The lowest BCUT2D eigenvalue weighted by Gasteiger charge is -2.27. The van der Waals surface area contributed by atoms with Crippen molar-refractivity contribution < 1.29 is 22.7 Å². The monoisotopic (exact) mass is 395 g/mol. The maximum absolute atomic E-state index is 13.4.